The molecule has 6 nitrogen and oxygen atoms in total. The summed E-state index contributed by atoms with van der Waals surface area (Å²) in [6.45, 7) is 0.880. The fourth-order valence-corrected chi connectivity index (χ4v) is 4.78. The Labute approximate surface area is 201 Å². The lowest BCUT2D eigenvalue weighted by Gasteiger charge is -2.24. The van der Waals surface area contributed by atoms with Crippen LogP contribution in [0.5, 0.6) is 5.75 Å². The molecule has 1 aliphatic carbocycles. The summed E-state index contributed by atoms with van der Waals surface area (Å²) in [7, 11) is 0. The standard InChI is InChI=1S/C25H25ClF2N4O2/c26-25(27,28)34-20-9-6-16(7-10-20)22-15-23(32(31-22)19-4-2-1-3-5-19)30-24(33)18-8-11-21-17(14-18)12-13-29-21/h6-11,14-15,19,29H,1-5,12-13H2,(H,30,33). The van der Waals surface area contributed by atoms with Gasteiger partial charge in [-0.2, -0.15) is 5.10 Å². The normalized spacial score (nSPS) is 16.1. The van der Waals surface area contributed by atoms with Gasteiger partial charge in [-0.3, -0.25) is 4.79 Å². The SMILES string of the molecule is O=C(Nc1cc(-c2ccc(OC(F)(F)Cl)cc2)nn1C1CCCCC1)c1ccc2c(c1)CCN2. The smallest absolute Gasteiger partial charge is 0.420 e. The number of aromatic nitrogens is 2. The quantitative estimate of drug-likeness (QED) is 0.393. The minimum atomic E-state index is -3.77. The lowest BCUT2D eigenvalue weighted by Crippen LogP contribution is -2.20. The van der Waals surface area contributed by atoms with E-state index in [4.69, 9.17) is 16.7 Å². The van der Waals surface area contributed by atoms with Gasteiger partial charge >= 0.3 is 5.57 Å². The Morgan fingerprint density at radius 2 is 1.88 bits per heavy atom. The van der Waals surface area contributed by atoms with E-state index in [1.165, 1.54) is 18.6 Å². The molecule has 0 unspecified atom stereocenters. The van der Waals surface area contributed by atoms with E-state index in [0.717, 1.165) is 55.5 Å². The molecule has 0 saturated heterocycles. The number of carbonyl (C=O) groups excluding carboxylic acids is 1. The van der Waals surface area contributed by atoms with Gasteiger partial charge in [0.25, 0.3) is 5.91 Å². The molecule has 178 valence electrons. The van der Waals surface area contributed by atoms with Gasteiger partial charge < -0.3 is 15.4 Å². The Balaban J connectivity index is 1.42. The predicted molar refractivity (Wildman–Crippen MR) is 128 cm³/mol. The third-order valence-corrected chi connectivity index (χ3v) is 6.44. The van der Waals surface area contributed by atoms with Crippen LogP contribution in [0.15, 0.2) is 48.5 Å². The number of nitrogens with one attached hydrogen (secondary N) is 2. The van der Waals surface area contributed by atoms with Crippen molar-refractivity contribution in [3.8, 4) is 17.0 Å². The number of fused-ring (bicyclic) bond motifs is 1. The first-order valence-corrected chi connectivity index (χ1v) is 11.9. The van der Waals surface area contributed by atoms with E-state index in [1.54, 1.807) is 12.1 Å². The molecule has 0 bridgehead atoms. The van der Waals surface area contributed by atoms with Gasteiger partial charge in [0, 0.05) is 41.0 Å². The van der Waals surface area contributed by atoms with Crippen LogP contribution in [-0.4, -0.2) is 27.8 Å². The van der Waals surface area contributed by atoms with Crippen LogP contribution in [0.3, 0.4) is 0 Å². The monoisotopic (exact) mass is 486 g/mol. The number of rotatable bonds is 6. The molecule has 2 aliphatic rings. The third kappa shape index (κ3) is 5.01. The summed E-state index contributed by atoms with van der Waals surface area (Å²) in [5.41, 5.74) is 0.408. The van der Waals surface area contributed by atoms with Crippen molar-refractivity contribution in [1.29, 1.82) is 0 Å². The zero-order valence-electron chi connectivity index (χ0n) is 18.5. The number of carbonyl (C=O) groups is 1. The molecule has 34 heavy (non-hydrogen) atoms. The van der Waals surface area contributed by atoms with Gasteiger partial charge in [0.05, 0.1) is 11.7 Å². The second-order valence-corrected chi connectivity index (χ2v) is 9.17. The molecule has 2 N–H and O–H groups in total. The topological polar surface area (TPSA) is 68.2 Å². The molecule has 1 aromatic heterocycles. The molecule has 0 spiro atoms. The molecule has 1 amide bonds. The van der Waals surface area contributed by atoms with Crippen molar-refractivity contribution >= 4 is 29.0 Å². The van der Waals surface area contributed by atoms with Crippen molar-refractivity contribution in [1.82, 2.24) is 9.78 Å². The molecule has 5 rings (SSSR count). The third-order valence-electron chi connectivity index (χ3n) is 6.36. The fourth-order valence-electron chi connectivity index (χ4n) is 4.69. The summed E-state index contributed by atoms with van der Waals surface area (Å²) < 4.78 is 32.1. The molecular formula is C25H25ClF2N4O2. The number of hydrogen-bond acceptors (Lipinski definition) is 4. The summed E-state index contributed by atoms with van der Waals surface area (Å²) in [6, 6.07) is 13.8. The highest BCUT2D eigenvalue weighted by molar-refractivity contribution is 6.20. The molecule has 3 aromatic rings. The van der Waals surface area contributed by atoms with Crippen LogP contribution in [0.25, 0.3) is 11.3 Å². The van der Waals surface area contributed by atoms with Crippen LogP contribution in [0.4, 0.5) is 20.3 Å². The molecule has 2 heterocycles. The Hall–Kier alpha value is -3.13. The van der Waals surface area contributed by atoms with Crippen molar-refractivity contribution in [3.05, 3.63) is 59.7 Å². The highest BCUT2D eigenvalue weighted by Gasteiger charge is 2.28. The molecule has 1 fully saturated rings. The van der Waals surface area contributed by atoms with E-state index in [-0.39, 0.29) is 17.7 Å². The van der Waals surface area contributed by atoms with Crippen LogP contribution in [0, 0.1) is 0 Å². The summed E-state index contributed by atoms with van der Waals surface area (Å²) in [5, 5.41) is 11.1. The molecule has 1 saturated carbocycles. The van der Waals surface area contributed by atoms with Crippen LogP contribution < -0.4 is 15.4 Å². The average molecular weight is 487 g/mol. The van der Waals surface area contributed by atoms with Gasteiger partial charge in [-0.25, -0.2) is 4.68 Å². The number of hydrogen-bond donors (Lipinski definition) is 2. The van der Waals surface area contributed by atoms with E-state index < -0.39 is 5.57 Å². The van der Waals surface area contributed by atoms with Gasteiger partial charge in [-0.05, 0) is 67.3 Å². The van der Waals surface area contributed by atoms with E-state index in [2.05, 4.69) is 15.4 Å². The fraction of sp³-hybridized carbons (Fsp3) is 0.360. The number of alkyl halides is 3. The highest BCUT2D eigenvalue weighted by atomic mass is 35.5. The number of benzene rings is 2. The predicted octanol–water partition coefficient (Wildman–Crippen LogP) is 6.44. The molecular weight excluding hydrogens is 462 g/mol. The van der Waals surface area contributed by atoms with E-state index in [0.29, 0.717) is 17.1 Å². The Morgan fingerprint density at radius 1 is 1.12 bits per heavy atom. The maximum absolute atomic E-state index is 13.1. The van der Waals surface area contributed by atoms with Crippen molar-refractivity contribution in [2.45, 2.75) is 50.1 Å². The van der Waals surface area contributed by atoms with Crippen LogP contribution in [0.2, 0.25) is 0 Å². The van der Waals surface area contributed by atoms with Crippen molar-refractivity contribution < 1.29 is 18.3 Å². The van der Waals surface area contributed by atoms with Gasteiger partial charge in [0.1, 0.15) is 11.6 Å². The minimum Gasteiger partial charge on any atom is -0.420 e. The number of halogens is 3. The number of nitrogens with zero attached hydrogens (tertiary/aromatic N) is 2. The van der Waals surface area contributed by atoms with E-state index in [1.807, 2.05) is 28.9 Å². The molecule has 0 radical (unpaired) electrons. The summed E-state index contributed by atoms with van der Waals surface area (Å²) in [6.07, 6.45) is 6.31. The Kier molecular flexibility index (Phi) is 6.16. The number of amides is 1. The first kappa shape index (κ1) is 22.7. The van der Waals surface area contributed by atoms with E-state index >= 15 is 0 Å². The summed E-state index contributed by atoms with van der Waals surface area (Å²) in [4.78, 5) is 13.1. The average Bonchev–Trinajstić information content (AvgIpc) is 3.46. The van der Waals surface area contributed by atoms with Gasteiger partial charge in [-0.1, -0.05) is 19.3 Å². The molecule has 2 aromatic carbocycles. The van der Waals surface area contributed by atoms with Crippen molar-refractivity contribution in [3.63, 3.8) is 0 Å². The first-order chi connectivity index (χ1) is 16.4. The van der Waals surface area contributed by atoms with Gasteiger partial charge in [0.15, 0.2) is 0 Å². The number of anilines is 2. The Morgan fingerprint density at radius 3 is 2.62 bits per heavy atom. The molecule has 0 atom stereocenters. The van der Waals surface area contributed by atoms with Crippen LogP contribution >= 0.6 is 11.6 Å². The summed E-state index contributed by atoms with van der Waals surface area (Å²) >= 11 is 4.85. The van der Waals surface area contributed by atoms with Crippen LogP contribution in [0.1, 0.15) is 54.1 Å². The maximum atomic E-state index is 13.1. The largest absolute Gasteiger partial charge is 0.487 e. The molecule has 9 heteroatoms. The zero-order chi connectivity index (χ0) is 23.7. The molecule has 1 aliphatic heterocycles. The van der Waals surface area contributed by atoms with E-state index in [9.17, 15) is 13.6 Å². The highest BCUT2D eigenvalue weighted by Crippen LogP contribution is 2.34. The Bertz CT molecular complexity index is 1180. The minimum absolute atomic E-state index is 0.0462. The second-order valence-electron chi connectivity index (χ2n) is 8.73. The zero-order valence-corrected chi connectivity index (χ0v) is 19.2. The van der Waals surface area contributed by atoms with Crippen LogP contribution in [-0.2, 0) is 6.42 Å². The maximum Gasteiger partial charge on any atom is 0.487 e. The van der Waals surface area contributed by atoms with Gasteiger partial charge in [0.2, 0.25) is 0 Å². The lowest BCUT2D eigenvalue weighted by molar-refractivity contribution is -0.0964. The van der Waals surface area contributed by atoms with Gasteiger partial charge in [-0.15, -0.1) is 8.78 Å². The van der Waals surface area contributed by atoms with Crippen molar-refractivity contribution in [2.75, 3.05) is 17.2 Å². The van der Waals surface area contributed by atoms with Crippen molar-refractivity contribution in [2.24, 2.45) is 0 Å². The summed E-state index contributed by atoms with van der Waals surface area (Å²) in [5.74, 6) is 0.388. The second kappa shape index (κ2) is 9.25. The first-order valence-electron chi connectivity index (χ1n) is 11.5. The lowest BCUT2D eigenvalue weighted by atomic mass is 9.96. The number of ether oxygens (including phenoxy) is 1.